The maximum absolute atomic E-state index is 12.3. The fraction of sp³-hybridized carbons (Fsp3) is 0.316. The average Bonchev–Trinajstić information content (AvgIpc) is 3.03. The van der Waals surface area contributed by atoms with Crippen molar-refractivity contribution in [3.63, 3.8) is 0 Å². The van der Waals surface area contributed by atoms with Gasteiger partial charge in [-0.05, 0) is 49.4 Å². The number of carbonyl (C=O) groups is 1. The monoisotopic (exact) mass is 311 g/mol. The Bertz CT molecular complexity index is 705. The summed E-state index contributed by atoms with van der Waals surface area (Å²) in [6, 6.07) is 15.3. The molecule has 2 N–H and O–H groups in total. The Hall–Kier alpha value is -2.33. The van der Waals surface area contributed by atoms with Crippen LogP contribution in [0.4, 0.5) is 5.69 Å². The maximum Gasteiger partial charge on any atom is 0.256 e. The van der Waals surface area contributed by atoms with Gasteiger partial charge in [0.25, 0.3) is 5.91 Å². The highest BCUT2D eigenvalue weighted by Gasteiger charge is 2.38. The van der Waals surface area contributed by atoms with Crippen molar-refractivity contribution in [1.82, 2.24) is 0 Å². The van der Waals surface area contributed by atoms with E-state index < -0.39 is 5.60 Å². The molecule has 1 fully saturated rings. The lowest BCUT2D eigenvalue weighted by atomic mass is 10.0. The highest BCUT2D eigenvalue weighted by atomic mass is 16.5. The molecule has 2 aromatic carbocycles. The molecule has 0 atom stereocenters. The van der Waals surface area contributed by atoms with Gasteiger partial charge in [-0.2, -0.15) is 0 Å². The fourth-order valence-electron chi connectivity index (χ4n) is 3.08. The van der Waals surface area contributed by atoms with E-state index in [2.05, 4.69) is 5.32 Å². The van der Waals surface area contributed by atoms with E-state index >= 15 is 0 Å². The minimum atomic E-state index is -1.22. The van der Waals surface area contributed by atoms with Gasteiger partial charge in [0.15, 0.2) is 0 Å². The molecule has 4 heteroatoms. The van der Waals surface area contributed by atoms with Gasteiger partial charge in [-0.15, -0.1) is 0 Å². The number of hydrogen-bond acceptors (Lipinski definition) is 3. The summed E-state index contributed by atoms with van der Waals surface area (Å²) in [6.07, 6.45) is 2.85. The van der Waals surface area contributed by atoms with Gasteiger partial charge in [0.2, 0.25) is 0 Å². The lowest BCUT2D eigenvalue weighted by Gasteiger charge is -2.21. The van der Waals surface area contributed by atoms with Gasteiger partial charge in [-0.25, -0.2) is 0 Å². The first-order valence-corrected chi connectivity index (χ1v) is 7.90. The standard InChI is InChI=1S/C19H21NO3/c1-23-17-10-3-2-9-16(17)14-7-6-8-15(13-14)20-18(21)19(22)11-4-5-12-19/h2-3,6-10,13,22H,4-5,11-12H2,1H3,(H,20,21). The number of aliphatic hydroxyl groups is 1. The van der Waals surface area contributed by atoms with Crippen molar-refractivity contribution in [2.45, 2.75) is 31.3 Å². The number of rotatable bonds is 4. The molecule has 0 heterocycles. The Kier molecular flexibility index (Phi) is 4.35. The Morgan fingerprint density at radius 3 is 2.61 bits per heavy atom. The van der Waals surface area contributed by atoms with E-state index in [-0.39, 0.29) is 5.91 Å². The number of anilines is 1. The molecule has 1 saturated carbocycles. The Balaban J connectivity index is 1.84. The van der Waals surface area contributed by atoms with Gasteiger partial charge in [0, 0.05) is 11.3 Å². The van der Waals surface area contributed by atoms with Crippen molar-refractivity contribution in [2.75, 3.05) is 12.4 Å². The molecule has 0 bridgehead atoms. The van der Waals surface area contributed by atoms with Crippen LogP contribution in [0.15, 0.2) is 48.5 Å². The predicted octanol–water partition coefficient (Wildman–Crippen LogP) is 3.61. The van der Waals surface area contributed by atoms with Crippen molar-refractivity contribution in [2.24, 2.45) is 0 Å². The van der Waals surface area contributed by atoms with E-state index in [0.717, 1.165) is 29.7 Å². The zero-order valence-electron chi connectivity index (χ0n) is 13.2. The van der Waals surface area contributed by atoms with Crippen LogP contribution in [0.5, 0.6) is 5.75 Å². The molecule has 0 spiro atoms. The minimum Gasteiger partial charge on any atom is -0.496 e. The van der Waals surface area contributed by atoms with Crippen molar-refractivity contribution >= 4 is 11.6 Å². The first-order valence-electron chi connectivity index (χ1n) is 7.90. The average molecular weight is 311 g/mol. The minimum absolute atomic E-state index is 0.313. The summed E-state index contributed by atoms with van der Waals surface area (Å²) in [5.41, 5.74) is 1.38. The summed E-state index contributed by atoms with van der Waals surface area (Å²) < 4.78 is 5.39. The molecule has 0 radical (unpaired) electrons. The topological polar surface area (TPSA) is 58.6 Å². The maximum atomic E-state index is 12.3. The van der Waals surface area contributed by atoms with Crippen LogP contribution >= 0.6 is 0 Å². The van der Waals surface area contributed by atoms with Gasteiger partial charge in [0.1, 0.15) is 11.4 Å². The van der Waals surface area contributed by atoms with Crippen LogP contribution in [0.3, 0.4) is 0 Å². The second kappa shape index (κ2) is 6.42. The summed E-state index contributed by atoms with van der Waals surface area (Å²) in [5, 5.41) is 13.2. The Morgan fingerprint density at radius 2 is 1.87 bits per heavy atom. The summed E-state index contributed by atoms with van der Waals surface area (Å²) in [5.74, 6) is 0.470. The molecule has 1 aliphatic rings. The number of methoxy groups -OCH3 is 1. The van der Waals surface area contributed by atoms with Crippen molar-refractivity contribution in [3.05, 3.63) is 48.5 Å². The SMILES string of the molecule is COc1ccccc1-c1cccc(NC(=O)C2(O)CCCC2)c1. The third kappa shape index (κ3) is 3.22. The third-order valence-corrected chi connectivity index (χ3v) is 4.39. The molecule has 2 aromatic rings. The van der Waals surface area contributed by atoms with E-state index in [4.69, 9.17) is 4.74 Å². The summed E-state index contributed by atoms with van der Waals surface area (Å²) in [4.78, 5) is 12.3. The summed E-state index contributed by atoms with van der Waals surface area (Å²) in [6.45, 7) is 0. The summed E-state index contributed by atoms with van der Waals surface area (Å²) >= 11 is 0. The fourth-order valence-corrected chi connectivity index (χ4v) is 3.08. The largest absolute Gasteiger partial charge is 0.496 e. The van der Waals surface area contributed by atoms with Gasteiger partial charge < -0.3 is 15.2 Å². The lowest BCUT2D eigenvalue weighted by molar-refractivity contribution is -0.133. The Labute approximate surface area is 136 Å². The number of hydrogen-bond donors (Lipinski definition) is 2. The molecule has 3 rings (SSSR count). The Morgan fingerprint density at radius 1 is 1.13 bits per heavy atom. The van der Waals surface area contributed by atoms with Crippen LogP contribution in [-0.4, -0.2) is 23.7 Å². The molecule has 0 aliphatic heterocycles. The molecule has 23 heavy (non-hydrogen) atoms. The van der Waals surface area contributed by atoms with E-state index in [0.29, 0.717) is 18.5 Å². The molecule has 0 saturated heterocycles. The second-order valence-corrected chi connectivity index (χ2v) is 5.97. The first kappa shape index (κ1) is 15.6. The van der Waals surface area contributed by atoms with Crippen LogP contribution in [0, 0.1) is 0 Å². The lowest BCUT2D eigenvalue weighted by Crippen LogP contribution is -2.40. The predicted molar refractivity (Wildman–Crippen MR) is 90.5 cm³/mol. The van der Waals surface area contributed by atoms with E-state index in [1.165, 1.54) is 0 Å². The zero-order valence-corrected chi connectivity index (χ0v) is 13.2. The van der Waals surface area contributed by atoms with E-state index in [9.17, 15) is 9.90 Å². The van der Waals surface area contributed by atoms with Gasteiger partial charge >= 0.3 is 0 Å². The van der Waals surface area contributed by atoms with Crippen molar-refractivity contribution in [1.29, 1.82) is 0 Å². The van der Waals surface area contributed by atoms with Crippen molar-refractivity contribution < 1.29 is 14.6 Å². The van der Waals surface area contributed by atoms with Gasteiger partial charge in [0.05, 0.1) is 7.11 Å². The molecule has 1 amide bonds. The number of ether oxygens (including phenoxy) is 1. The second-order valence-electron chi connectivity index (χ2n) is 5.97. The molecule has 0 aromatic heterocycles. The number of nitrogens with one attached hydrogen (secondary N) is 1. The smallest absolute Gasteiger partial charge is 0.256 e. The molecule has 0 unspecified atom stereocenters. The van der Waals surface area contributed by atoms with E-state index in [1.807, 2.05) is 48.5 Å². The summed E-state index contributed by atoms with van der Waals surface area (Å²) in [7, 11) is 1.64. The van der Waals surface area contributed by atoms with Crippen LogP contribution in [0.25, 0.3) is 11.1 Å². The quantitative estimate of drug-likeness (QED) is 0.907. The van der Waals surface area contributed by atoms with Crippen LogP contribution < -0.4 is 10.1 Å². The molecule has 4 nitrogen and oxygen atoms in total. The molecule has 120 valence electrons. The number of amides is 1. The van der Waals surface area contributed by atoms with Crippen LogP contribution in [-0.2, 0) is 4.79 Å². The van der Waals surface area contributed by atoms with Crippen LogP contribution in [0.1, 0.15) is 25.7 Å². The normalized spacial score (nSPS) is 16.1. The molecule has 1 aliphatic carbocycles. The number of carbonyl (C=O) groups excluding carboxylic acids is 1. The van der Waals surface area contributed by atoms with Gasteiger partial charge in [-0.1, -0.05) is 30.3 Å². The third-order valence-electron chi connectivity index (χ3n) is 4.39. The molecular weight excluding hydrogens is 290 g/mol. The van der Waals surface area contributed by atoms with Crippen LogP contribution in [0.2, 0.25) is 0 Å². The van der Waals surface area contributed by atoms with Crippen molar-refractivity contribution in [3.8, 4) is 16.9 Å². The number of benzene rings is 2. The van der Waals surface area contributed by atoms with Gasteiger partial charge in [-0.3, -0.25) is 4.79 Å². The molecular formula is C19H21NO3. The number of para-hydroxylation sites is 1. The van der Waals surface area contributed by atoms with E-state index in [1.54, 1.807) is 7.11 Å². The zero-order chi connectivity index (χ0) is 16.3. The first-order chi connectivity index (χ1) is 11.1. The highest BCUT2D eigenvalue weighted by molar-refractivity contribution is 5.97. The highest BCUT2D eigenvalue weighted by Crippen LogP contribution is 2.33.